The van der Waals surface area contributed by atoms with E-state index in [1.165, 1.54) is 18.9 Å². The van der Waals surface area contributed by atoms with Crippen molar-refractivity contribution in [2.75, 3.05) is 25.2 Å². The van der Waals surface area contributed by atoms with Crippen molar-refractivity contribution in [3.63, 3.8) is 0 Å². The van der Waals surface area contributed by atoms with Crippen molar-refractivity contribution in [1.29, 1.82) is 0 Å². The van der Waals surface area contributed by atoms with E-state index in [2.05, 4.69) is 20.0 Å². The van der Waals surface area contributed by atoms with Crippen molar-refractivity contribution in [1.82, 2.24) is 9.97 Å². The van der Waals surface area contributed by atoms with Gasteiger partial charge in [-0.2, -0.15) is 0 Å². The third-order valence-corrected chi connectivity index (χ3v) is 2.32. The molecule has 0 radical (unpaired) electrons. The highest BCUT2D eigenvalue weighted by molar-refractivity contribution is 7.99. The monoisotopic (exact) mass is 213 g/mol. The molecule has 0 spiro atoms. The summed E-state index contributed by atoms with van der Waals surface area (Å²) < 4.78 is 4.51. The molecule has 1 aromatic heterocycles. The molecule has 0 aromatic carbocycles. The Morgan fingerprint density at radius 2 is 2.50 bits per heavy atom. The number of esters is 1. The molecule has 0 amide bonds. The molecule has 5 nitrogen and oxygen atoms in total. The van der Waals surface area contributed by atoms with Gasteiger partial charge in [0.2, 0.25) is 5.95 Å². The zero-order valence-corrected chi connectivity index (χ0v) is 8.80. The predicted molar refractivity (Wildman–Crippen MR) is 54.3 cm³/mol. The summed E-state index contributed by atoms with van der Waals surface area (Å²) in [4.78, 5) is 18.9. The van der Waals surface area contributed by atoms with Gasteiger partial charge < -0.3 is 10.1 Å². The molecule has 1 aromatic rings. The van der Waals surface area contributed by atoms with Crippen LogP contribution in [0.15, 0.2) is 17.3 Å². The summed E-state index contributed by atoms with van der Waals surface area (Å²) in [5.41, 5.74) is 0. The Balaban J connectivity index is 2.54. The van der Waals surface area contributed by atoms with Crippen LogP contribution in [-0.2, 0) is 9.53 Å². The number of ether oxygens (including phenoxy) is 1. The van der Waals surface area contributed by atoms with Crippen LogP contribution in [0.5, 0.6) is 0 Å². The van der Waals surface area contributed by atoms with E-state index >= 15 is 0 Å². The quantitative estimate of drug-likeness (QED) is 0.453. The van der Waals surface area contributed by atoms with E-state index in [1.54, 1.807) is 19.3 Å². The second kappa shape index (κ2) is 5.43. The minimum atomic E-state index is -0.264. The Bertz CT molecular complexity index is 319. The van der Waals surface area contributed by atoms with Crippen LogP contribution < -0.4 is 5.32 Å². The number of rotatable bonds is 4. The first kappa shape index (κ1) is 10.8. The zero-order chi connectivity index (χ0) is 10.4. The molecule has 6 heteroatoms. The maximum Gasteiger partial charge on any atom is 0.316 e. The van der Waals surface area contributed by atoms with E-state index in [0.29, 0.717) is 5.95 Å². The van der Waals surface area contributed by atoms with Crippen LogP contribution in [0.3, 0.4) is 0 Å². The number of thioether (sulfide) groups is 1. The third-order valence-electron chi connectivity index (χ3n) is 1.42. The van der Waals surface area contributed by atoms with Gasteiger partial charge in [-0.3, -0.25) is 4.79 Å². The lowest BCUT2D eigenvalue weighted by atomic mass is 10.7. The molecular formula is C8H11N3O2S. The Labute approximate surface area is 86.3 Å². The number of hydrogen-bond acceptors (Lipinski definition) is 6. The summed E-state index contributed by atoms with van der Waals surface area (Å²) in [7, 11) is 3.10. The summed E-state index contributed by atoms with van der Waals surface area (Å²) in [6.07, 6.45) is 1.64. The van der Waals surface area contributed by atoms with E-state index in [1.807, 2.05) is 0 Å². The Hall–Kier alpha value is -1.30. The molecule has 76 valence electrons. The lowest BCUT2D eigenvalue weighted by molar-refractivity contribution is -0.137. The molecule has 0 saturated carbocycles. The lowest BCUT2D eigenvalue weighted by Crippen LogP contribution is -2.03. The molecule has 0 aliphatic carbocycles. The number of anilines is 1. The Kier molecular flexibility index (Phi) is 4.18. The first-order valence-electron chi connectivity index (χ1n) is 3.96. The third kappa shape index (κ3) is 3.21. The highest BCUT2D eigenvalue weighted by Crippen LogP contribution is 2.15. The van der Waals surface area contributed by atoms with Crippen molar-refractivity contribution in [2.24, 2.45) is 0 Å². The summed E-state index contributed by atoms with van der Waals surface area (Å²) in [5, 5.41) is 3.56. The molecular weight excluding hydrogens is 202 g/mol. The molecule has 14 heavy (non-hydrogen) atoms. The Morgan fingerprint density at radius 3 is 3.14 bits per heavy atom. The fraction of sp³-hybridized carbons (Fsp3) is 0.375. The van der Waals surface area contributed by atoms with E-state index in [9.17, 15) is 4.79 Å². The van der Waals surface area contributed by atoms with Crippen molar-refractivity contribution in [2.45, 2.75) is 5.03 Å². The van der Waals surface area contributed by atoms with Gasteiger partial charge in [-0.05, 0) is 6.07 Å². The first-order valence-corrected chi connectivity index (χ1v) is 4.95. The number of methoxy groups -OCH3 is 1. The number of carbonyl (C=O) groups is 1. The largest absolute Gasteiger partial charge is 0.468 e. The van der Waals surface area contributed by atoms with E-state index in [4.69, 9.17) is 0 Å². The highest BCUT2D eigenvalue weighted by atomic mass is 32.2. The topological polar surface area (TPSA) is 64.1 Å². The molecule has 0 fully saturated rings. The van der Waals surface area contributed by atoms with Crippen molar-refractivity contribution in [3.8, 4) is 0 Å². The second-order valence-corrected chi connectivity index (χ2v) is 3.33. The Morgan fingerprint density at radius 1 is 1.71 bits per heavy atom. The van der Waals surface area contributed by atoms with E-state index in [0.717, 1.165) is 5.03 Å². The van der Waals surface area contributed by atoms with Crippen LogP contribution in [0.4, 0.5) is 5.95 Å². The second-order valence-electron chi connectivity index (χ2n) is 2.33. The van der Waals surface area contributed by atoms with Gasteiger partial charge in [-0.1, -0.05) is 11.8 Å². The van der Waals surface area contributed by atoms with E-state index < -0.39 is 0 Å². The molecule has 1 heterocycles. The minimum Gasteiger partial charge on any atom is -0.468 e. The lowest BCUT2D eigenvalue weighted by Gasteiger charge is -2.01. The van der Waals surface area contributed by atoms with Gasteiger partial charge in [-0.15, -0.1) is 0 Å². The average Bonchev–Trinajstić information content (AvgIpc) is 2.26. The van der Waals surface area contributed by atoms with Gasteiger partial charge >= 0.3 is 5.97 Å². The van der Waals surface area contributed by atoms with Crippen LogP contribution in [0, 0.1) is 0 Å². The van der Waals surface area contributed by atoms with Crippen molar-refractivity contribution >= 4 is 23.7 Å². The van der Waals surface area contributed by atoms with Crippen LogP contribution >= 0.6 is 11.8 Å². The van der Waals surface area contributed by atoms with Crippen molar-refractivity contribution < 1.29 is 9.53 Å². The van der Waals surface area contributed by atoms with Gasteiger partial charge in [0.05, 0.1) is 12.9 Å². The standard InChI is InChI=1S/C8H11N3O2S/c1-9-8-10-4-3-6(11-8)14-5-7(12)13-2/h3-4H,5H2,1-2H3,(H,9,10,11). The highest BCUT2D eigenvalue weighted by Gasteiger charge is 2.03. The van der Waals surface area contributed by atoms with Crippen molar-refractivity contribution in [3.05, 3.63) is 12.3 Å². The molecule has 0 aliphatic heterocycles. The van der Waals surface area contributed by atoms with E-state index in [-0.39, 0.29) is 11.7 Å². The maximum absolute atomic E-state index is 10.8. The SMILES string of the molecule is CNc1nccc(SCC(=O)OC)n1. The van der Waals surface area contributed by atoms with Gasteiger partial charge in [0, 0.05) is 13.2 Å². The number of nitrogens with zero attached hydrogens (tertiary/aromatic N) is 2. The van der Waals surface area contributed by atoms with Crippen LogP contribution in [-0.4, -0.2) is 35.8 Å². The summed E-state index contributed by atoms with van der Waals surface area (Å²) in [6.45, 7) is 0. The molecule has 1 rings (SSSR count). The summed E-state index contributed by atoms with van der Waals surface area (Å²) in [6, 6.07) is 1.74. The zero-order valence-electron chi connectivity index (χ0n) is 7.98. The molecule has 0 atom stereocenters. The fourth-order valence-electron chi connectivity index (χ4n) is 0.735. The predicted octanol–water partition coefficient (Wildman–Crippen LogP) is 0.783. The smallest absolute Gasteiger partial charge is 0.316 e. The van der Waals surface area contributed by atoms with Gasteiger partial charge in [0.15, 0.2) is 0 Å². The minimum absolute atomic E-state index is 0.261. The average molecular weight is 213 g/mol. The van der Waals surface area contributed by atoms with Gasteiger partial charge in [-0.25, -0.2) is 9.97 Å². The molecule has 0 saturated heterocycles. The summed E-state index contributed by atoms with van der Waals surface area (Å²) in [5.74, 6) is 0.538. The number of carbonyl (C=O) groups excluding carboxylic acids is 1. The summed E-state index contributed by atoms with van der Waals surface area (Å²) >= 11 is 1.32. The maximum atomic E-state index is 10.8. The number of aromatic nitrogens is 2. The normalized spacial score (nSPS) is 9.57. The number of nitrogens with one attached hydrogen (secondary N) is 1. The molecule has 0 aliphatic rings. The van der Waals surface area contributed by atoms with Gasteiger partial charge in [0.25, 0.3) is 0 Å². The molecule has 0 unspecified atom stereocenters. The fourth-order valence-corrected chi connectivity index (χ4v) is 1.43. The van der Waals surface area contributed by atoms with Crippen LogP contribution in [0.2, 0.25) is 0 Å². The number of hydrogen-bond donors (Lipinski definition) is 1. The van der Waals surface area contributed by atoms with Gasteiger partial charge in [0.1, 0.15) is 5.03 Å². The first-order chi connectivity index (χ1) is 6.76. The molecule has 1 N–H and O–H groups in total. The molecule has 0 bridgehead atoms. The van der Waals surface area contributed by atoms with Crippen LogP contribution in [0.25, 0.3) is 0 Å². The van der Waals surface area contributed by atoms with Crippen LogP contribution in [0.1, 0.15) is 0 Å².